The summed E-state index contributed by atoms with van der Waals surface area (Å²) >= 11 is 2.03. The lowest BCUT2D eigenvalue weighted by molar-refractivity contribution is -0.126. The number of amides is 2. The molecule has 5 rings (SSSR count). The number of piperidine rings is 1. The lowest BCUT2D eigenvalue weighted by Gasteiger charge is -2.31. The Morgan fingerprint density at radius 1 is 1.06 bits per heavy atom. The Labute approximate surface area is 199 Å². The topological polar surface area (TPSA) is 61.9 Å². The van der Waals surface area contributed by atoms with E-state index in [0.717, 1.165) is 30.8 Å². The number of ether oxygens (including phenoxy) is 1. The fourth-order valence-electron chi connectivity index (χ4n) is 4.69. The molecular formula is C26H29N3O3S. The van der Waals surface area contributed by atoms with E-state index in [1.807, 2.05) is 30.0 Å². The monoisotopic (exact) mass is 463 g/mol. The predicted octanol–water partition coefficient (Wildman–Crippen LogP) is 3.56. The zero-order chi connectivity index (χ0) is 22.8. The van der Waals surface area contributed by atoms with Gasteiger partial charge in [-0.3, -0.25) is 14.5 Å². The van der Waals surface area contributed by atoms with Gasteiger partial charge in [-0.05, 0) is 36.1 Å². The highest BCUT2D eigenvalue weighted by molar-refractivity contribution is 7.99. The number of hydrogen-bond donors (Lipinski definition) is 1. The molecule has 0 aliphatic carbocycles. The minimum absolute atomic E-state index is 0.108. The third kappa shape index (κ3) is 4.80. The maximum atomic E-state index is 13.0. The zero-order valence-corrected chi connectivity index (χ0v) is 19.5. The number of carbonyl (C=O) groups excluding carboxylic acids is 2. The molecule has 3 aliphatic heterocycles. The van der Waals surface area contributed by atoms with E-state index in [4.69, 9.17) is 4.74 Å². The molecule has 172 valence electrons. The first kappa shape index (κ1) is 22.0. The number of allylic oxidation sites excluding steroid dienone is 1. The van der Waals surface area contributed by atoms with Crippen LogP contribution in [0.5, 0.6) is 5.75 Å². The van der Waals surface area contributed by atoms with E-state index in [0.29, 0.717) is 43.0 Å². The van der Waals surface area contributed by atoms with Gasteiger partial charge in [0.2, 0.25) is 5.91 Å². The van der Waals surface area contributed by atoms with Crippen molar-refractivity contribution in [1.82, 2.24) is 15.1 Å². The minimum atomic E-state index is -0.464. The summed E-state index contributed by atoms with van der Waals surface area (Å²) in [6.07, 6.45) is 1.29. The lowest BCUT2D eigenvalue weighted by Crippen LogP contribution is -2.49. The van der Waals surface area contributed by atoms with Gasteiger partial charge in [0.05, 0.1) is 6.54 Å². The summed E-state index contributed by atoms with van der Waals surface area (Å²) in [5.41, 5.74) is 4.61. The standard InChI is InChI=1S/C26H29N3O3S/c1-18-5-10-23(25(30)27-18)29-16-22-21(26(29)31)3-2-4-24(22)32-17-20-8-6-19(7-9-20)15-28-11-13-33-14-12-28/h2-4,6-9,23H,1,5,10-17H2,(H,27,30). The first-order valence-electron chi connectivity index (χ1n) is 11.5. The quantitative estimate of drug-likeness (QED) is 0.710. The Kier molecular flexibility index (Phi) is 6.42. The highest BCUT2D eigenvalue weighted by Crippen LogP contribution is 2.34. The predicted molar refractivity (Wildman–Crippen MR) is 130 cm³/mol. The van der Waals surface area contributed by atoms with Gasteiger partial charge >= 0.3 is 0 Å². The highest BCUT2D eigenvalue weighted by atomic mass is 32.2. The number of rotatable bonds is 6. The second kappa shape index (κ2) is 9.61. The molecule has 2 saturated heterocycles. The van der Waals surface area contributed by atoms with Crippen LogP contribution >= 0.6 is 11.8 Å². The second-order valence-electron chi connectivity index (χ2n) is 8.86. The number of hydrogen-bond acceptors (Lipinski definition) is 5. The highest BCUT2D eigenvalue weighted by Gasteiger charge is 2.39. The average Bonchev–Trinajstić information content (AvgIpc) is 3.16. The van der Waals surface area contributed by atoms with Gasteiger partial charge in [0.25, 0.3) is 5.91 Å². The van der Waals surface area contributed by atoms with E-state index >= 15 is 0 Å². The van der Waals surface area contributed by atoms with Gasteiger partial charge in [-0.2, -0.15) is 11.8 Å². The van der Waals surface area contributed by atoms with E-state index in [9.17, 15) is 9.59 Å². The minimum Gasteiger partial charge on any atom is -0.489 e. The normalized spacial score (nSPS) is 21.2. The zero-order valence-electron chi connectivity index (χ0n) is 18.7. The summed E-state index contributed by atoms with van der Waals surface area (Å²) < 4.78 is 6.15. The Bertz CT molecular complexity index is 1060. The Morgan fingerprint density at radius 2 is 1.82 bits per heavy atom. The third-order valence-corrected chi connectivity index (χ3v) is 7.52. The Hall–Kier alpha value is -2.77. The van der Waals surface area contributed by atoms with E-state index in [-0.39, 0.29) is 11.8 Å². The molecule has 6 nitrogen and oxygen atoms in total. The van der Waals surface area contributed by atoms with Gasteiger partial charge in [0, 0.05) is 48.0 Å². The summed E-state index contributed by atoms with van der Waals surface area (Å²) in [6, 6.07) is 13.7. The molecule has 2 amide bonds. The van der Waals surface area contributed by atoms with Crippen molar-refractivity contribution in [3.63, 3.8) is 0 Å². The molecule has 0 radical (unpaired) electrons. The Morgan fingerprint density at radius 3 is 2.58 bits per heavy atom. The van der Waals surface area contributed by atoms with Gasteiger partial charge in [-0.25, -0.2) is 0 Å². The van der Waals surface area contributed by atoms with Crippen LogP contribution in [-0.2, 0) is 24.5 Å². The van der Waals surface area contributed by atoms with Gasteiger partial charge in [-0.1, -0.05) is 36.9 Å². The van der Waals surface area contributed by atoms with Crippen LogP contribution in [0.2, 0.25) is 0 Å². The van der Waals surface area contributed by atoms with Crippen LogP contribution in [0.4, 0.5) is 0 Å². The van der Waals surface area contributed by atoms with Crippen LogP contribution in [0.1, 0.15) is 39.9 Å². The fraction of sp³-hybridized carbons (Fsp3) is 0.385. The molecule has 1 atom stereocenters. The number of nitrogens with one attached hydrogen (secondary N) is 1. The fourth-order valence-corrected chi connectivity index (χ4v) is 5.67. The number of benzene rings is 2. The van der Waals surface area contributed by atoms with Crippen molar-refractivity contribution in [3.05, 3.63) is 77.0 Å². The van der Waals surface area contributed by atoms with Crippen molar-refractivity contribution < 1.29 is 14.3 Å². The summed E-state index contributed by atoms with van der Waals surface area (Å²) in [6.45, 7) is 7.96. The molecule has 1 unspecified atom stereocenters. The number of nitrogens with zero attached hydrogens (tertiary/aromatic N) is 2. The van der Waals surface area contributed by atoms with E-state index in [2.05, 4.69) is 41.1 Å². The molecule has 7 heteroatoms. The maximum absolute atomic E-state index is 13.0. The van der Waals surface area contributed by atoms with Crippen LogP contribution in [0.25, 0.3) is 0 Å². The van der Waals surface area contributed by atoms with Gasteiger partial charge in [-0.15, -0.1) is 0 Å². The summed E-state index contributed by atoms with van der Waals surface area (Å²) in [5.74, 6) is 2.88. The summed E-state index contributed by atoms with van der Waals surface area (Å²) in [7, 11) is 0. The van der Waals surface area contributed by atoms with E-state index in [1.165, 1.54) is 17.1 Å². The number of carbonyl (C=O) groups is 2. The lowest BCUT2D eigenvalue weighted by atomic mass is 10.0. The maximum Gasteiger partial charge on any atom is 0.255 e. The van der Waals surface area contributed by atoms with E-state index < -0.39 is 6.04 Å². The third-order valence-electron chi connectivity index (χ3n) is 6.58. The second-order valence-corrected chi connectivity index (χ2v) is 10.1. The molecule has 0 saturated carbocycles. The van der Waals surface area contributed by atoms with Gasteiger partial charge < -0.3 is 15.0 Å². The van der Waals surface area contributed by atoms with Crippen LogP contribution in [-0.4, -0.2) is 52.3 Å². The van der Waals surface area contributed by atoms with Crippen molar-refractivity contribution in [2.75, 3.05) is 24.6 Å². The smallest absolute Gasteiger partial charge is 0.255 e. The molecule has 2 aromatic carbocycles. The summed E-state index contributed by atoms with van der Waals surface area (Å²) in [4.78, 5) is 29.6. The van der Waals surface area contributed by atoms with Crippen molar-refractivity contribution >= 4 is 23.6 Å². The van der Waals surface area contributed by atoms with Crippen LogP contribution in [0.3, 0.4) is 0 Å². The van der Waals surface area contributed by atoms with E-state index in [1.54, 1.807) is 4.90 Å². The molecule has 1 N–H and O–H groups in total. The van der Waals surface area contributed by atoms with Crippen LogP contribution in [0.15, 0.2) is 54.7 Å². The van der Waals surface area contributed by atoms with Crippen LogP contribution < -0.4 is 10.1 Å². The molecule has 0 bridgehead atoms. The number of thioether (sulfide) groups is 1. The Balaban J connectivity index is 1.23. The van der Waals surface area contributed by atoms with Crippen LogP contribution in [0, 0.1) is 0 Å². The summed E-state index contributed by atoms with van der Waals surface area (Å²) in [5, 5.41) is 2.78. The van der Waals surface area contributed by atoms with Crippen molar-refractivity contribution in [2.24, 2.45) is 0 Å². The SMILES string of the molecule is C=C1CCC(N2Cc3c(OCc4ccc(CN5CCSCC5)cc4)cccc3C2=O)C(=O)N1. The van der Waals surface area contributed by atoms with Gasteiger partial charge in [0.1, 0.15) is 18.4 Å². The van der Waals surface area contributed by atoms with Crippen molar-refractivity contribution in [2.45, 2.75) is 38.6 Å². The molecule has 0 spiro atoms. The molecule has 33 heavy (non-hydrogen) atoms. The molecular weight excluding hydrogens is 434 g/mol. The molecule has 3 heterocycles. The number of fused-ring (bicyclic) bond motifs is 1. The first-order chi connectivity index (χ1) is 16.1. The molecule has 0 aromatic heterocycles. The molecule has 2 aromatic rings. The van der Waals surface area contributed by atoms with Gasteiger partial charge in [0.15, 0.2) is 0 Å². The first-order valence-corrected chi connectivity index (χ1v) is 12.7. The molecule has 2 fully saturated rings. The van der Waals surface area contributed by atoms with Crippen molar-refractivity contribution in [1.29, 1.82) is 0 Å². The average molecular weight is 464 g/mol. The van der Waals surface area contributed by atoms with Crippen molar-refractivity contribution in [3.8, 4) is 5.75 Å². The largest absolute Gasteiger partial charge is 0.489 e. The molecule has 3 aliphatic rings.